The molecule has 0 saturated heterocycles. The van der Waals surface area contributed by atoms with Gasteiger partial charge in [0.2, 0.25) is 0 Å². The van der Waals surface area contributed by atoms with Crippen LogP contribution in [-0.4, -0.2) is 25.2 Å². The molecule has 0 aliphatic carbocycles. The van der Waals surface area contributed by atoms with E-state index < -0.39 is 6.10 Å². The standard InChI is InChI=1S/C20H24ClNO3/c1-13-5-6-14(2)19(11-13)24-10-9-22-20(23)16(4)25-17-7-8-18(21)15(3)12-17/h5-8,11-12,16H,9-10H2,1-4H3,(H,22,23)/t16-/m1/s1. The second-order valence-electron chi connectivity index (χ2n) is 6.08. The first-order chi connectivity index (χ1) is 11.9. The van der Waals surface area contributed by atoms with Gasteiger partial charge in [-0.2, -0.15) is 0 Å². The molecule has 0 radical (unpaired) electrons. The van der Waals surface area contributed by atoms with E-state index in [1.54, 1.807) is 19.1 Å². The zero-order valence-electron chi connectivity index (χ0n) is 15.1. The van der Waals surface area contributed by atoms with Crippen LogP contribution in [0.5, 0.6) is 11.5 Å². The predicted molar refractivity (Wildman–Crippen MR) is 101 cm³/mol. The molecule has 1 N–H and O–H groups in total. The third-order valence-electron chi connectivity index (χ3n) is 3.81. The van der Waals surface area contributed by atoms with E-state index in [0.717, 1.165) is 22.4 Å². The van der Waals surface area contributed by atoms with E-state index in [4.69, 9.17) is 21.1 Å². The number of carbonyl (C=O) groups is 1. The molecule has 0 aromatic heterocycles. The van der Waals surface area contributed by atoms with Gasteiger partial charge in [-0.05, 0) is 68.7 Å². The zero-order valence-corrected chi connectivity index (χ0v) is 15.8. The molecule has 134 valence electrons. The maximum absolute atomic E-state index is 12.1. The molecule has 1 atom stereocenters. The molecular formula is C20H24ClNO3. The summed E-state index contributed by atoms with van der Waals surface area (Å²) in [6.07, 6.45) is -0.596. The highest BCUT2D eigenvalue weighted by molar-refractivity contribution is 6.31. The first kappa shape index (κ1) is 19.1. The zero-order chi connectivity index (χ0) is 18.4. The predicted octanol–water partition coefficient (Wildman–Crippen LogP) is 4.23. The van der Waals surface area contributed by atoms with Crippen molar-refractivity contribution in [2.24, 2.45) is 0 Å². The normalized spacial score (nSPS) is 11.7. The van der Waals surface area contributed by atoms with Gasteiger partial charge >= 0.3 is 0 Å². The fourth-order valence-electron chi connectivity index (χ4n) is 2.29. The van der Waals surface area contributed by atoms with Gasteiger partial charge in [-0.3, -0.25) is 4.79 Å². The van der Waals surface area contributed by atoms with Crippen molar-refractivity contribution < 1.29 is 14.3 Å². The van der Waals surface area contributed by atoms with Gasteiger partial charge in [-0.1, -0.05) is 23.7 Å². The van der Waals surface area contributed by atoms with Crippen LogP contribution < -0.4 is 14.8 Å². The second kappa shape index (κ2) is 8.77. The van der Waals surface area contributed by atoms with Gasteiger partial charge in [0, 0.05) is 5.02 Å². The summed E-state index contributed by atoms with van der Waals surface area (Å²) in [5, 5.41) is 3.49. The van der Waals surface area contributed by atoms with Crippen LogP contribution in [0.4, 0.5) is 0 Å². The number of benzene rings is 2. The fraction of sp³-hybridized carbons (Fsp3) is 0.350. The van der Waals surface area contributed by atoms with E-state index >= 15 is 0 Å². The number of hydrogen-bond acceptors (Lipinski definition) is 3. The van der Waals surface area contributed by atoms with Crippen LogP contribution in [0.15, 0.2) is 36.4 Å². The Bertz CT molecular complexity index is 746. The summed E-state index contributed by atoms with van der Waals surface area (Å²) in [6, 6.07) is 11.4. The summed E-state index contributed by atoms with van der Waals surface area (Å²) in [4.78, 5) is 12.1. The van der Waals surface area contributed by atoms with Crippen LogP contribution in [0, 0.1) is 20.8 Å². The summed E-state index contributed by atoms with van der Waals surface area (Å²) >= 11 is 5.99. The van der Waals surface area contributed by atoms with E-state index in [1.807, 2.05) is 45.0 Å². The monoisotopic (exact) mass is 361 g/mol. The summed E-state index contributed by atoms with van der Waals surface area (Å²) in [5.74, 6) is 1.28. The number of aryl methyl sites for hydroxylation is 3. The van der Waals surface area contributed by atoms with Crippen molar-refractivity contribution >= 4 is 17.5 Å². The number of amides is 1. The van der Waals surface area contributed by atoms with Gasteiger partial charge in [0.1, 0.15) is 18.1 Å². The van der Waals surface area contributed by atoms with Crippen LogP contribution in [0.3, 0.4) is 0 Å². The van der Waals surface area contributed by atoms with Crippen LogP contribution >= 0.6 is 11.6 Å². The van der Waals surface area contributed by atoms with Crippen LogP contribution in [0.2, 0.25) is 5.02 Å². The average Bonchev–Trinajstić information content (AvgIpc) is 2.57. The minimum Gasteiger partial charge on any atom is -0.491 e. The number of nitrogens with one attached hydrogen (secondary N) is 1. The maximum atomic E-state index is 12.1. The molecule has 2 aromatic carbocycles. The smallest absolute Gasteiger partial charge is 0.260 e. The lowest BCUT2D eigenvalue weighted by Gasteiger charge is -2.16. The topological polar surface area (TPSA) is 47.6 Å². The first-order valence-corrected chi connectivity index (χ1v) is 8.65. The largest absolute Gasteiger partial charge is 0.491 e. The molecule has 0 heterocycles. The Hall–Kier alpha value is -2.20. The SMILES string of the molecule is Cc1ccc(C)c(OCCNC(=O)[C@@H](C)Oc2ccc(Cl)c(C)c2)c1. The first-order valence-electron chi connectivity index (χ1n) is 8.27. The molecule has 2 aromatic rings. The van der Waals surface area contributed by atoms with Gasteiger partial charge < -0.3 is 14.8 Å². The summed E-state index contributed by atoms with van der Waals surface area (Å²) in [5.41, 5.74) is 3.13. The second-order valence-corrected chi connectivity index (χ2v) is 6.49. The lowest BCUT2D eigenvalue weighted by molar-refractivity contribution is -0.127. The van der Waals surface area contributed by atoms with Gasteiger partial charge in [-0.25, -0.2) is 0 Å². The molecule has 0 spiro atoms. The lowest BCUT2D eigenvalue weighted by atomic mass is 10.1. The van der Waals surface area contributed by atoms with Gasteiger partial charge in [0.25, 0.3) is 5.91 Å². The minimum absolute atomic E-state index is 0.183. The Labute approximate surface area is 154 Å². The Morgan fingerprint density at radius 2 is 1.88 bits per heavy atom. The van der Waals surface area contributed by atoms with E-state index in [2.05, 4.69) is 5.32 Å². The van der Waals surface area contributed by atoms with Crippen molar-refractivity contribution in [2.45, 2.75) is 33.8 Å². The molecule has 0 aliphatic heterocycles. The third kappa shape index (κ3) is 5.68. The fourth-order valence-corrected chi connectivity index (χ4v) is 2.41. The van der Waals surface area contributed by atoms with Crippen molar-refractivity contribution in [3.8, 4) is 11.5 Å². The molecule has 5 heteroatoms. The van der Waals surface area contributed by atoms with Gasteiger partial charge in [-0.15, -0.1) is 0 Å². The van der Waals surface area contributed by atoms with Crippen molar-refractivity contribution in [1.29, 1.82) is 0 Å². The van der Waals surface area contributed by atoms with Gasteiger partial charge in [0.05, 0.1) is 6.54 Å². The van der Waals surface area contributed by atoms with Crippen LogP contribution in [0.25, 0.3) is 0 Å². The number of carbonyl (C=O) groups excluding carboxylic acids is 1. The lowest BCUT2D eigenvalue weighted by Crippen LogP contribution is -2.38. The Balaban J connectivity index is 1.77. The number of ether oxygens (including phenoxy) is 2. The average molecular weight is 362 g/mol. The molecule has 0 aliphatic rings. The molecule has 1 amide bonds. The Morgan fingerprint density at radius 3 is 2.60 bits per heavy atom. The van der Waals surface area contributed by atoms with Crippen molar-refractivity contribution in [1.82, 2.24) is 5.32 Å². The summed E-state index contributed by atoms with van der Waals surface area (Å²) in [6.45, 7) is 8.45. The van der Waals surface area contributed by atoms with E-state index in [-0.39, 0.29) is 5.91 Å². The van der Waals surface area contributed by atoms with E-state index in [9.17, 15) is 4.79 Å². The summed E-state index contributed by atoms with van der Waals surface area (Å²) in [7, 11) is 0. The Morgan fingerprint density at radius 1 is 1.12 bits per heavy atom. The molecule has 0 bridgehead atoms. The molecule has 2 rings (SSSR count). The molecule has 0 saturated carbocycles. The summed E-state index contributed by atoms with van der Waals surface area (Å²) < 4.78 is 11.4. The van der Waals surface area contributed by atoms with Crippen molar-refractivity contribution in [2.75, 3.05) is 13.2 Å². The quantitative estimate of drug-likeness (QED) is 0.751. The molecular weight excluding hydrogens is 338 g/mol. The Kier molecular flexibility index (Phi) is 6.71. The number of halogens is 1. The minimum atomic E-state index is -0.596. The highest BCUT2D eigenvalue weighted by Gasteiger charge is 2.14. The number of hydrogen-bond donors (Lipinski definition) is 1. The number of rotatable bonds is 7. The van der Waals surface area contributed by atoms with Gasteiger partial charge in [0.15, 0.2) is 6.10 Å². The third-order valence-corrected chi connectivity index (χ3v) is 4.24. The van der Waals surface area contributed by atoms with Crippen molar-refractivity contribution in [3.63, 3.8) is 0 Å². The highest BCUT2D eigenvalue weighted by atomic mass is 35.5. The molecule has 25 heavy (non-hydrogen) atoms. The van der Waals surface area contributed by atoms with E-state index in [1.165, 1.54) is 0 Å². The van der Waals surface area contributed by atoms with Crippen molar-refractivity contribution in [3.05, 3.63) is 58.1 Å². The molecule has 4 nitrogen and oxygen atoms in total. The molecule has 0 unspecified atom stereocenters. The van der Waals surface area contributed by atoms with E-state index in [0.29, 0.717) is 23.9 Å². The maximum Gasteiger partial charge on any atom is 0.260 e. The van der Waals surface area contributed by atoms with Crippen LogP contribution in [-0.2, 0) is 4.79 Å². The van der Waals surface area contributed by atoms with Crippen LogP contribution in [0.1, 0.15) is 23.6 Å². The highest BCUT2D eigenvalue weighted by Crippen LogP contribution is 2.22. The molecule has 0 fully saturated rings.